The SMILES string of the molecule is COc1ccc(Br)cc1C1N(c2ccc(C)cc2)CCN1c1ccc(C)cc1. The van der Waals surface area contributed by atoms with Gasteiger partial charge in [0.1, 0.15) is 11.9 Å². The standard InChI is InChI=1S/C24H25BrN2O/c1-17-4-9-20(10-5-17)26-14-15-27(21-11-6-18(2)7-12-21)24(26)22-16-19(25)8-13-23(22)28-3/h4-13,16,24H,14-15H2,1-3H3. The number of ether oxygens (including phenoxy) is 1. The van der Waals surface area contributed by atoms with Gasteiger partial charge in [0.15, 0.2) is 0 Å². The van der Waals surface area contributed by atoms with E-state index < -0.39 is 0 Å². The third kappa shape index (κ3) is 3.61. The molecule has 1 saturated heterocycles. The van der Waals surface area contributed by atoms with E-state index in [9.17, 15) is 0 Å². The van der Waals surface area contributed by atoms with Crippen LogP contribution in [-0.2, 0) is 0 Å². The summed E-state index contributed by atoms with van der Waals surface area (Å²) in [5, 5.41) is 0. The van der Waals surface area contributed by atoms with E-state index in [0.29, 0.717) is 0 Å². The second-order valence-electron chi connectivity index (χ2n) is 7.32. The van der Waals surface area contributed by atoms with Gasteiger partial charge in [-0.2, -0.15) is 0 Å². The minimum absolute atomic E-state index is 0.0675. The Balaban J connectivity index is 1.83. The fourth-order valence-electron chi connectivity index (χ4n) is 3.88. The van der Waals surface area contributed by atoms with Crippen molar-refractivity contribution in [3.05, 3.63) is 87.9 Å². The average Bonchev–Trinajstić information content (AvgIpc) is 3.14. The summed E-state index contributed by atoms with van der Waals surface area (Å²) in [6.45, 7) is 6.16. The minimum atomic E-state index is 0.0675. The topological polar surface area (TPSA) is 15.7 Å². The van der Waals surface area contributed by atoms with Crippen LogP contribution >= 0.6 is 15.9 Å². The van der Waals surface area contributed by atoms with Gasteiger partial charge in [-0.3, -0.25) is 0 Å². The van der Waals surface area contributed by atoms with Gasteiger partial charge in [-0.05, 0) is 56.3 Å². The van der Waals surface area contributed by atoms with Crippen molar-refractivity contribution in [1.29, 1.82) is 0 Å². The minimum Gasteiger partial charge on any atom is -0.496 e. The maximum Gasteiger partial charge on any atom is 0.132 e. The van der Waals surface area contributed by atoms with Gasteiger partial charge < -0.3 is 14.5 Å². The molecule has 28 heavy (non-hydrogen) atoms. The second-order valence-corrected chi connectivity index (χ2v) is 8.23. The van der Waals surface area contributed by atoms with Crippen LogP contribution in [0.25, 0.3) is 0 Å². The van der Waals surface area contributed by atoms with E-state index in [0.717, 1.165) is 28.9 Å². The van der Waals surface area contributed by atoms with Crippen LogP contribution in [-0.4, -0.2) is 20.2 Å². The fourth-order valence-corrected chi connectivity index (χ4v) is 4.26. The zero-order chi connectivity index (χ0) is 19.7. The van der Waals surface area contributed by atoms with Gasteiger partial charge in [-0.1, -0.05) is 51.3 Å². The first-order chi connectivity index (χ1) is 13.6. The molecule has 0 saturated carbocycles. The first-order valence-corrected chi connectivity index (χ1v) is 10.4. The molecular weight excluding hydrogens is 412 g/mol. The van der Waals surface area contributed by atoms with Gasteiger partial charge in [0.25, 0.3) is 0 Å². The van der Waals surface area contributed by atoms with E-state index in [4.69, 9.17) is 4.74 Å². The molecule has 0 amide bonds. The molecule has 1 fully saturated rings. The zero-order valence-electron chi connectivity index (χ0n) is 16.5. The number of hydrogen-bond acceptors (Lipinski definition) is 3. The Morgan fingerprint density at radius 2 is 1.29 bits per heavy atom. The summed E-state index contributed by atoms with van der Waals surface area (Å²) < 4.78 is 6.80. The number of rotatable bonds is 4. The molecule has 3 nitrogen and oxygen atoms in total. The van der Waals surface area contributed by atoms with Crippen LogP contribution in [0, 0.1) is 13.8 Å². The highest BCUT2D eigenvalue weighted by atomic mass is 79.9. The number of benzene rings is 3. The second kappa shape index (κ2) is 7.88. The summed E-state index contributed by atoms with van der Waals surface area (Å²) in [5.41, 5.74) is 6.17. The lowest BCUT2D eigenvalue weighted by Crippen LogP contribution is -2.31. The molecule has 0 unspecified atom stereocenters. The van der Waals surface area contributed by atoms with E-state index in [-0.39, 0.29) is 6.17 Å². The molecule has 1 aliphatic heterocycles. The summed E-state index contributed by atoms with van der Waals surface area (Å²) in [6, 6.07) is 23.8. The number of methoxy groups -OCH3 is 1. The van der Waals surface area contributed by atoms with Crippen LogP contribution in [0.4, 0.5) is 11.4 Å². The third-order valence-electron chi connectivity index (χ3n) is 5.37. The number of hydrogen-bond donors (Lipinski definition) is 0. The predicted molar refractivity (Wildman–Crippen MR) is 120 cm³/mol. The van der Waals surface area contributed by atoms with Crippen molar-refractivity contribution in [2.45, 2.75) is 20.0 Å². The van der Waals surface area contributed by atoms with Crippen LogP contribution in [0.1, 0.15) is 22.9 Å². The van der Waals surface area contributed by atoms with Crippen LogP contribution in [0.15, 0.2) is 71.2 Å². The van der Waals surface area contributed by atoms with Crippen LogP contribution < -0.4 is 14.5 Å². The summed E-state index contributed by atoms with van der Waals surface area (Å²) in [6.07, 6.45) is 0.0675. The fraction of sp³-hybridized carbons (Fsp3) is 0.250. The average molecular weight is 437 g/mol. The predicted octanol–water partition coefficient (Wildman–Crippen LogP) is 6.10. The van der Waals surface area contributed by atoms with Gasteiger partial charge in [0.05, 0.1) is 7.11 Å². The smallest absolute Gasteiger partial charge is 0.132 e. The third-order valence-corrected chi connectivity index (χ3v) is 5.87. The van der Waals surface area contributed by atoms with Crippen molar-refractivity contribution in [1.82, 2.24) is 0 Å². The molecule has 0 spiro atoms. The number of aryl methyl sites for hydroxylation is 2. The summed E-state index contributed by atoms with van der Waals surface area (Å²) in [4.78, 5) is 4.92. The summed E-state index contributed by atoms with van der Waals surface area (Å²) in [7, 11) is 1.74. The maximum absolute atomic E-state index is 5.75. The lowest BCUT2D eigenvalue weighted by atomic mass is 10.1. The molecular formula is C24H25BrN2O. The Morgan fingerprint density at radius 3 is 1.75 bits per heavy atom. The van der Waals surface area contributed by atoms with Crippen LogP contribution in [0.3, 0.4) is 0 Å². The molecule has 1 heterocycles. The highest BCUT2D eigenvalue weighted by Gasteiger charge is 2.35. The number of nitrogens with zero attached hydrogens (tertiary/aromatic N) is 2. The van der Waals surface area contributed by atoms with Crippen molar-refractivity contribution in [2.24, 2.45) is 0 Å². The zero-order valence-corrected chi connectivity index (χ0v) is 18.1. The Labute approximate surface area is 175 Å². The summed E-state index contributed by atoms with van der Waals surface area (Å²) in [5.74, 6) is 0.907. The van der Waals surface area contributed by atoms with E-state index in [2.05, 4.69) is 94.2 Å². The van der Waals surface area contributed by atoms with Gasteiger partial charge in [-0.25, -0.2) is 0 Å². The molecule has 4 rings (SSSR count). The van der Waals surface area contributed by atoms with Crippen molar-refractivity contribution in [3.63, 3.8) is 0 Å². The van der Waals surface area contributed by atoms with Gasteiger partial charge in [-0.15, -0.1) is 0 Å². The molecule has 4 heteroatoms. The lowest BCUT2D eigenvalue weighted by molar-refractivity contribution is 0.405. The molecule has 0 atom stereocenters. The normalized spacial score (nSPS) is 14.6. The molecule has 0 N–H and O–H groups in total. The molecule has 0 bridgehead atoms. The largest absolute Gasteiger partial charge is 0.496 e. The molecule has 0 aliphatic carbocycles. The van der Waals surface area contributed by atoms with E-state index in [1.54, 1.807) is 7.11 Å². The Hall–Kier alpha value is -2.46. The quantitative estimate of drug-likeness (QED) is 0.491. The molecule has 3 aromatic rings. The van der Waals surface area contributed by atoms with Crippen molar-refractivity contribution >= 4 is 27.3 Å². The monoisotopic (exact) mass is 436 g/mol. The van der Waals surface area contributed by atoms with Crippen LogP contribution in [0.5, 0.6) is 5.75 Å². The number of halogens is 1. The van der Waals surface area contributed by atoms with Gasteiger partial charge in [0, 0.05) is 34.5 Å². The molecule has 0 aromatic heterocycles. The summed E-state index contributed by atoms with van der Waals surface area (Å²) >= 11 is 3.65. The van der Waals surface area contributed by atoms with E-state index in [1.165, 1.54) is 22.5 Å². The van der Waals surface area contributed by atoms with Gasteiger partial charge in [0.2, 0.25) is 0 Å². The molecule has 144 valence electrons. The van der Waals surface area contributed by atoms with Crippen LogP contribution in [0.2, 0.25) is 0 Å². The Morgan fingerprint density at radius 1 is 0.786 bits per heavy atom. The highest BCUT2D eigenvalue weighted by molar-refractivity contribution is 9.10. The van der Waals surface area contributed by atoms with Crippen molar-refractivity contribution < 1.29 is 4.74 Å². The van der Waals surface area contributed by atoms with E-state index in [1.807, 2.05) is 12.1 Å². The first-order valence-electron chi connectivity index (χ1n) is 9.57. The molecule has 3 aromatic carbocycles. The van der Waals surface area contributed by atoms with Crippen molar-refractivity contribution in [3.8, 4) is 5.75 Å². The molecule has 0 radical (unpaired) electrons. The van der Waals surface area contributed by atoms with E-state index >= 15 is 0 Å². The van der Waals surface area contributed by atoms with Crippen molar-refractivity contribution in [2.75, 3.05) is 30.0 Å². The highest BCUT2D eigenvalue weighted by Crippen LogP contribution is 2.42. The molecule has 1 aliphatic rings. The first kappa shape index (κ1) is 18.9. The lowest BCUT2D eigenvalue weighted by Gasteiger charge is -2.34. The maximum atomic E-state index is 5.75. The number of anilines is 2. The van der Waals surface area contributed by atoms with Gasteiger partial charge >= 0.3 is 0 Å². The Kier molecular flexibility index (Phi) is 5.31. The Bertz CT molecular complexity index is 900.